The molecule has 12 heteroatoms. The molecule has 0 spiro atoms. The van der Waals surface area contributed by atoms with Crippen LogP contribution in [0, 0.1) is 17.1 Å². The molecule has 2 aromatic carbocycles. The number of rotatable bonds is 11. The van der Waals surface area contributed by atoms with Gasteiger partial charge in [0.05, 0.1) is 53.5 Å². The second-order valence-electron chi connectivity index (χ2n) is 11.4. The largest absolute Gasteiger partial charge is 0.478 e. The fourth-order valence-electron chi connectivity index (χ4n) is 5.83. The lowest BCUT2D eigenvalue weighted by molar-refractivity contribution is -0.0594. The molecule has 2 aliphatic rings. The van der Waals surface area contributed by atoms with Crippen LogP contribution in [0.5, 0.6) is 5.88 Å². The Labute approximate surface area is 260 Å². The highest BCUT2D eigenvalue weighted by atomic mass is 19.1. The van der Waals surface area contributed by atoms with Gasteiger partial charge in [0.1, 0.15) is 24.1 Å². The first-order chi connectivity index (χ1) is 21.8. The minimum Gasteiger partial charge on any atom is -0.478 e. The van der Waals surface area contributed by atoms with Crippen molar-refractivity contribution in [2.75, 3.05) is 44.8 Å². The number of methoxy groups -OCH3 is 1. The minimum absolute atomic E-state index is 0.0121. The van der Waals surface area contributed by atoms with Crippen LogP contribution in [-0.2, 0) is 29.2 Å². The molecule has 1 N–H and O–H groups in total. The van der Waals surface area contributed by atoms with Crippen LogP contribution in [0.3, 0.4) is 0 Å². The van der Waals surface area contributed by atoms with Crippen molar-refractivity contribution in [2.45, 2.75) is 45.2 Å². The third kappa shape index (κ3) is 6.61. The topological polar surface area (TPSA) is 126 Å². The van der Waals surface area contributed by atoms with Crippen molar-refractivity contribution in [3.8, 4) is 11.9 Å². The number of hydrogen-bond acceptors (Lipinski definition) is 9. The van der Waals surface area contributed by atoms with Gasteiger partial charge in [-0.3, -0.25) is 4.90 Å². The first-order valence-electron chi connectivity index (χ1n) is 15.0. The predicted octanol–water partition coefficient (Wildman–Crippen LogP) is 4.54. The summed E-state index contributed by atoms with van der Waals surface area (Å²) in [6.45, 7) is 6.80. The monoisotopic (exact) mass is 614 g/mol. The molecule has 2 atom stereocenters. The third-order valence-corrected chi connectivity index (χ3v) is 8.48. The number of carboxylic acid groups (broad SMARTS) is 1. The summed E-state index contributed by atoms with van der Waals surface area (Å²) in [5, 5.41) is 18.6. The molecule has 2 aliphatic heterocycles. The number of imidazole rings is 1. The van der Waals surface area contributed by atoms with Gasteiger partial charge in [0.2, 0.25) is 5.88 Å². The van der Waals surface area contributed by atoms with Crippen LogP contribution >= 0.6 is 0 Å². The number of carbonyl (C=O) groups is 1. The van der Waals surface area contributed by atoms with Crippen molar-refractivity contribution in [3.63, 3.8) is 0 Å². The van der Waals surface area contributed by atoms with Gasteiger partial charge >= 0.3 is 5.97 Å². The molecule has 2 aromatic heterocycles. The molecule has 2 fully saturated rings. The zero-order chi connectivity index (χ0) is 31.5. The Morgan fingerprint density at radius 1 is 1.13 bits per heavy atom. The SMILES string of the molecule is COCc1cc(OCc2ccc(C#N)cc2F)nc(N2CCN([C@@H](C)c3nc4ccc(C(=O)O)cc4n3C[C@@H]3CCO3)CC2)c1. The lowest BCUT2D eigenvalue weighted by atomic mass is 10.1. The van der Waals surface area contributed by atoms with Crippen LogP contribution in [0.15, 0.2) is 48.5 Å². The number of halogens is 1. The van der Waals surface area contributed by atoms with E-state index >= 15 is 0 Å². The van der Waals surface area contributed by atoms with E-state index in [0.29, 0.717) is 37.7 Å². The predicted molar refractivity (Wildman–Crippen MR) is 164 cm³/mol. The lowest BCUT2D eigenvalue weighted by Crippen LogP contribution is -2.48. The highest BCUT2D eigenvalue weighted by Crippen LogP contribution is 2.30. The zero-order valence-corrected chi connectivity index (χ0v) is 25.3. The number of carboxylic acids is 1. The average molecular weight is 615 g/mol. The summed E-state index contributed by atoms with van der Waals surface area (Å²) < 4.78 is 33.6. The quantitative estimate of drug-likeness (QED) is 0.257. The highest BCUT2D eigenvalue weighted by molar-refractivity contribution is 5.92. The normalized spacial score (nSPS) is 17.6. The summed E-state index contributed by atoms with van der Waals surface area (Å²) in [5.41, 5.74) is 3.29. The smallest absolute Gasteiger partial charge is 0.335 e. The van der Waals surface area contributed by atoms with Crippen LogP contribution in [0.4, 0.5) is 10.2 Å². The summed E-state index contributed by atoms with van der Waals surface area (Å²) >= 11 is 0. The van der Waals surface area contributed by atoms with Crippen molar-refractivity contribution >= 4 is 22.8 Å². The molecule has 0 amide bonds. The molecule has 0 bridgehead atoms. The van der Waals surface area contributed by atoms with Crippen LogP contribution in [0.25, 0.3) is 11.0 Å². The standard InChI is InChI=1S/C33H35FN6O5/c1-21(32-36-28-6-5-24(33(41)42)16-29(28)40(32)18-26-7-12-44-26)38-8-10-39(11-9-38)30-14-23(19-43-2)15-31(37-30)45-20-25-4-3-22(17-35)13-27(25)34/h3-6,13-16,21,26H,7-12,18-20H2,1-2H3,(H,41,42)/t21-,26-/m0/s1. The van der Waals surface area contributed by atoms with E-state index < -0.39 is 11.8 Å². The van der Waals surface area contributed by atoms with E-state index in [1.165, 1.54) is 6.07 Å². The summed E-state index contributed by atoms with van der Waals surface area (Å²) in [4.78, 5) is 25.9. The van der Waals surface area contributed by atoms with Gasteiger partial charge in [-0.2, -0.15) is 10.2 Å². The number of fused-ring (bicyclic) bond motifs is 1. The zero-order valence-electron chi connectivity index (χ0n) is 25.3. The molecule has 0 saturated carbocycles. The van der Waals surface area contributed by atoms with Gasteiger partial charge in [-0.25, -0.2) is 14.2 Å². The summed E-state index contributed by atoms with van der Waals surface area (Å²) in [6.07, 6.45) is 1.06. The number of aromatic nitrogens is 3. The summed E-state index contributed by atoms with van der Waals surface area (Å²) in [5.74, 6) is 0.550. The van der Waals surface area contributed by atoms with Gasteiger partial charge in [0, 0.05) is 51.5 Å². The molecule has 11 nitrogen and oxygen atoms in total. The van der Waals surface area contributed by atoms with E-state index in [4.69, 9.17) is 29.4 Å². The number of ether oxygens (including phenoxy) is 3. The van der Waals surface area contributed by atoms with Crippen molar-refractivity contribution in [3.05, 3.63) is 82.4 Å². The van der Waals surface area contributed by atoms with E-state index in [-0.39, 0.29) is 29.9 Å². The molecule has 0 aliphatic carbocycles. The third-order valence-electron chi connectivity index (χ3n) is 8.48. The molecular weight excluding hydrogens is 579 g/mol. The van der Waals surface area contributed by atoms with Gasteiger partial charge in [-0.05, 0) is 55.3 Å². The fraction of sp³-hybridized carbons (Fsp3) is 0.394. The van der Waals surface area contributed by atoms with E-state index in [2.05, 4.69) is 21.3 Å². The van der Waals surface area contributed by atoms with E-state index in [1.54, 1.807) is 43.5 Å². The molecular formula is C33H35FN6O5. The molecule has 0 unspecified atom stereocenters. The molecule has 45 heavy (non-hydrogen) atoms. The van der Waals surface area contributed by atoms with Crippen LogP contribution in [0.1, 0.15) is 52.3 Å². The van der Waals surface area contributed by atoms with Crippen LogP contribution in [0.2, 0.25) is 0 Å². The van der Waals surface area contributed by atoms with Gasteiger partial charge < -0.3 is 28.8 Å². The molecule has 4 aromatic rings. The van der Waals surface area contributed by atoms with E-state index in [9.17, 15) is 14.3 Å². The number of piperazine rings is 1. The Balaban J connectivity index is 1.17. The number of pyridine rings is 1. The fourth-order valence-corrected chi connectivity index (χ4v) is 5.83. The van der Waals surface area contributed by atoms with Crippen LogP contribution in [-0.4, -0.2) is 76.5 Å². The second-order valence-corrected chi connectivity index (χ2v) is 11.4. The number of nitriles is 1. The second kappa shape index (κ2) is 13.2. The molecule has 0 radical (unpaired) electrons. The Kier molecular flexibility index (Phi) is 8.93. The van der Waals surface area contributed by atoms with Crippen molar-refractivity contribution in [1.29, 1.82) is 5.26 Å². The number of anilines is 1. The summed E-state index contributed by atoms with van der Waals surface area (Å²) in [6, 6.07) is 15.1. The van der Waals surface area contributed by atoms with Gasteiger partial charge in [-0.15, -0.1) is 0 Å². The van der Waals surface area contributed by atoms with Gasteiger partial charge in [-0.1, -0.05) is 6.07 Å². The van der Waals surface area contributed by atoms with Crippen molar-refractivity contribution in [2.24, 2.45) is 0 Å². The molecule has 2 saturated heterocycles. The Hall–Kier alpha value is -4.57. The maximum Gasteiger partial charge on any atom is 0.335 e. The minimum atomic E-state index is -0.964. The number of hydrogen-bond donors (Lipinski definition) is 1. The highest BCUT2D eigenvalue weighted by Gasteiger charge is 2.29. The number of aromatic carboxylic acids is 1. The number of benzene rings is 2. The van der Waals surface area contributed by atoms with E-state index in [0.717, 1.165) is 54.4 Å². The molecule has 234 valence electrons. The van der Waals surface area contributed by atoms with Crippen LogP contribution < -0.4 is 9.64 Å². The first kappa shape index (κ1) is 30.5. The van der Waals surface area contributed by atoms with Crippen molar-refractivity contribution in [1.82, 2.24) is 19.4 Å². The van der Waals surface area contributed by atoms with E-state index in [1.807, 2.05) is 12.1 Å². The van der Waals surface area contributed by atoms with Gasteiger partial charge in [0.15, 0.2) is 0 Å². The first-order valence-corrected chi connectivity index (χ1v) is 15.0. The maximum absolute atomic E-state index is 14.4. The molecule has 4 heterocycles. The lowest BCUT2D eigenvalue weighted by Gasteiger charge is -2.39. The summed E-state index contributed by atoms with van der Waals surface area (Å²) in [7, 11) is 1.62. The Morgan fingerprint density at radius 2 is 1.93 bits per heavy atom. The van der Waals surface area contributed by atoms with Gasteiger partial charge in [0.25, 0.3) is 0 Å². The maximum atomic E-state index is 14.4. The average Bonchev–Trinajstić information content (AvgIpc) is 3.39. The number of nitrogens with zero attached hydrogens (tertiary/aromatic N) is 6. The molecule has 6 rings (SSSR count). The Morgan fingerprint density at radius 3 is 2.60 bits per heavy atom. The Bertz CT molecular complexity index is 1740. The van der Waals surface area contributed by atoms with Crippen molar-refractivity contribution < 1.29 is 28.5 Å².